The van der Waals surface area contributed by atoms with E-state index in [-0.39, 0.29) is 17.0 Å². The van der Waals surface area contributed by atoms with E-state index in [0.29, 0.717) is 11.8 Å². The molecule has 0 fully saturated rings. The van der Waals surface area contributed by atoms with Crippen molar-refractivity contribution in [3.63, 3.8) is 0 Å². The summed E-state index contributed by atoms with van der Waals surface area (Å²) in [5.41, 5.74) is 1.22. The van der Waals surface area contributed by atoms with Crippen LogP contribution in [-0.4, -0.2) is 26.1 Å². The van der Waals surface area contributed by atoms with E-state index in [9.17, 15) is 18.7 Å². The van der Waals surface area contributed by atoms with Gasteiger partial charge in [-0.05, 0) is 31.2 Å². The first kappa shape index (κ1) is 14.8. The SMILES string of the molecule is Cc1ccc(-n2nnc(C(=O)O)c2-c2cc(F)cc(F)c2)cc1. The maximum absolute atomic E-state index is 13.5. The summed E-state index contributed by atoms with van der Waals surface area (Å²) in [5, 5.41) is 16.7. The summed E-state index contributed by atoms with van der Waals surface area (Å²) in [6, 6.07) is 9.85. The first-order valence-corrected chi connectivity index (χ1v) is 6.68. The van der Waals surface area contributed by atoms with Crippen molar-refractivity contribution in [2.24, 2.45) is 0 Å². The van der Waals surface area contributed by atoms with Crippen LogP contribution in [0.15, 0.2) is 42.5 Å². The van der Waals surface area contributed by atoms with Crippen molar-refractivity contribution in [1.82, 2.24) is 15.0 Å². The number of benzene rings is 2. The van der Waals surface area contributed by atoms with Crippen LogP contribution in [0, 0.1) is 18.6 Å². The highest BCUT2D eigenvalue weighted by Crippen LogP contribution is 2.27. The Morgan fingerprint density at radius 3 is 2.26 bits per heavy atom. The molecule has 0 saturated heterocycles. The van der Waals surface area contributed by atoms with Gasteiger partial charge in [-0.3, -0.25) is 0 Å². The average molecular weight is 315 g/mol. The molecule has 0 aliphatic carbocycles. The predicted octanol–water partition coefficient (Wildman–Crippen LogP) is 3.22. The van der Waals surface area contributed by atoms with Gasteiger partial charge in [0.1, 0.15) is 17.3 Å². The Labute approximate surface area is 129 Å². The highest BCUT2D eigenvalue weighted by Gasteiger charge is 2.22. The molecule has 5 nitrogen and oxygen atoms in total. The smallest absolute Gasteiger partial charge is 0.358 e. The number of nitrogens with zero attached hydrogens (tertiary/aromatic N) is 3. The van der Waals surface area contributed by atoms with E-state index in [0.717, 1.165) is 17.7 Å². The Balaban J connectivity index is 2.26. The highest BCUT2D eigenvalue weighted by atomic mass is 19.1. The molecule has 3 aromatic rings. The van der Waals surface area contributed by atoms with Crippen LogP contribution in [0.25, 0.3) is 16.9 Å². The van der Waals surface area contributed by atoms with Crippen LogP contribution in [0.2, 0.25) is 0 Å². The van der Waals surface area contributed by atoms with Gasteiger partial charge in [-0.15, -0.1) is 5.10 Å². The van der Waals surface area contributed by atoms with Gasteiger partial charge in [-0.25, -0.2) is 18.3 Å². The van der Waals surface area contributed by atoms with Crippen molar-refractivity contribution in [3.05, 3.63) is 65.4 Å². The van der Waals surface area contributed by atoms with E-state index >= 15 is 0 Å². The number of aromatic carboxylic acids is 1. The van der Waals surface area contributed by atoms with Gasteiger partial charge >= 0.3 is 5.97 Å². The molecule has 0 aliphatic rings. The molecule has 2 aromatic carbocycles. The Kier molecular flexibility index (Phi) is 3.61. The average Bonchev–Trinajstić information content (AvgIpc) is 2.92. The molecule has 0 atom stereocenters. The lowest BCUT2D eigenvalue weighted by atomic mass is 10.1. The van der Waals surface area contributed by atoms with E-state index in [4.69, 9.17) is 0 Å². The number of aromatic nitrogens is 3. The van der Waals surface area contributed by atoms with Gasteiger partial charge in [0.05, 0.1) is 5.69 Å². The van der Waals surface area contributed by atoms with Gasteiger partial charge in [0, 0.05) is 11.6 Å². The van der Waals surface area contributed by atoms with Gasteiger partial charge in [0.15, 0.2) is 5.69 Å². The number of hydrogen-bond acceptors (Lipinski definition) is 3. The molecule has 1 heterocycles. The number of rotatable bonds is 3. The van der Waals surface area contributed by atoms with Crippen LogP contribution < -0.4 is 0 Å². The summed E-state index contributed by atoms with van der Waals surface area (Å²) in [5.74, 6) is -2.95. The van der Waals surface area contributed by atoms with E-state index in [1.165, 1.54) is 4.68 Å². The monoisotopic (exact) mass is 315 g/mol. The second-order valence-corrected chi connectivity index (χ2v) is 5.00. The number of carboxylic acid groups (broad SMARTS) is 1. The lowest BCUT2D eigenvalue weighted by Crippen LogP contribution is -2.04. The predicted molar refractivity (Wildman–Crippen MR) is 78.4 cm³/mol. The molecule has 116 valence electrons. The topological polar surface area (TPSA) is 68.0 Å². The van der Waals surface area contributed by atoms with Crippen LogP contribution >= 0.6 is 0 Å². The Hall–Kier alpha value is -3.09. The van der Waals surface area contributed by atoms with E-state index in [1.807, 2.05) is 19.1 Å². The number of halogens is 2. The Bertz CT molecular complexity index is 869. The first-order chi connectivity index (χ1) is 11.0. The molecule has 0 amide bonds. The molecule has 0 bridgehead atoms. The summed E-state index contributed by atoms with van der Waals surface area (Å²) in [6.07, 6.45) is 0. The highest BCUT2D eigenvalue weighted by molar-refractivity contribution is 5.93. The third-order valence-electron chi connectivity index (χ3n) is 3.29. The van der Waals surface area contributed by atoms with E-state index in [2.05, 4.69) is 10.3 Å². The second kappa shape index (κ2) is 5.60. The van der Waals surface area contributed by atoms with Crippen molar-refractivity contribution < 1.29 is 18.7 Å². The zero-order chi connectivity index (χ0) is 16.6. The molecular weight excluding hydrogens is 304 g/mol. The fraction of sp³-hybridized carbons (Fsp3) is 0.0625. The lowest BCUT2D eigenvalue weighted by molar-refractivity contribution is 0.0691. The van der Waals surface area contributed by atoms with Crippen molar-refractivity contribution >= 4 is 5.97 Å². The number of carboxylic acids is 1. The van der Waals surface area contributed by atoms with Gasteiger partial charge < -0.3 is 5.11 Å². The Morgan fingerprint density at radius 2 is 1.70 bits per heavy atom. The summed E-state index contributed by atoms with van der Waals surface area (Å²) in [7, 11) is 0. The molecule has 3 rings (SSSR count). The van der Waals surface area contributed by atoms with Crippen molar-refractivity contribution in [3.8, 4) is 16.9 Å². The standard InChI is InChI=1S/C16H11F2N3O2/c1-9-2-4-13(5-3-9)21-15(14(16(22)23)19-20-21)10-6-11(17)8-12(18)7-10/h2-8H,1H3,(H,22,23). The third-order valence-corrected chi connectivity index (χ3v) is 3.29. The largest absolute Gasteiger partial charge is 0.476 e. The van der Waals surface area contributed by atoms with Crippen LogP contribution in [0.4, 0.5) is 8.78 Å². The van der Waals surface area contributed by atoms with Crippen LogP contribution in [0.1, 0.15) is 16.1 Å². The number of aryl methyl sites for hydroxylation is 1. The molecule has 0 saturated carbocycles. The normalized spacial score (nSPS) is 10.7. The summed E-state index contributed by atoms with van der Waals surface area (Å²) in [4.78, 5) is 11.4. The third kappa shape index (κ3) is 2.80. The van der Waals surface area contributed by atoms with Gasteiger partial charge in [0.2, 0.25) is 0 Å². The summed E-state index contributed by atoms with van der Waals surface area (Å²) < 4.78 is 28.3. The second-order valence-electron chi connectivity index (χ2n) is 5.00. The minimum Gasteiger partial charge on any atom is -0.476 e. The van der Waals surface area contributed by atoms with Crippen LogP contribution in [0.3, 0.4) is 0 Å². The van der Waals surface area contributed by atoms with Crippen LogP contribution in [-0.2, 0) is 0 Å². The molecule has 1 N–H and O–H groups in total. The van der Waals surface area contributed by atoms with E-state index in [1.54, 1.807) is 12.1 Å². The lowest BCUT2D eigenvalue weighted by Gasteiger charge is -2.08. The number of hydrogen-bond donors (Lipinski definition) is 1. The Morgan fingerprint density at radius 1 is 1.09 bits per heavy atom. The minimum atomic E-state index is -1.33. The molecule has 0 aliphatic heterocycles. The summed E-state index contributed by atoms with van der Waals surface area (Å²) >= 11 is 0. The van der Waals surface area contributed by atoms with Gasteiger partial charge in [0.25, 0.3) is 0 Å². The van der Waals surface area contributed by atoms with Gasteiger partial charge in [-0.2, -0.15) is 0 Å². The zero-order valence-corrected chi connectivity index (χ0v) is 12.0. The van der Waals surface area contributed by atoms with Crippen molar-refractivity contribution in [2.45, 2.75) is 6.92 Å². The quantitative estimate of drug-likeness (QED) is 0.806. The first-order valence-electron chi connectivity index (χ1n) is 6.68. The van der Waals surface area contributed by atoms with E-state index < -0.39 is 17.6 Å². The number of carbonyl (C=O) groups is 1. The molecule has 0 radical (unpaired) electrons. The fourth-order valence-corrected chi connectivity index (χ4v) is 2.24. The molecule has 7 heteroatoms. The van der Waals surface area contributed by atoms with Crippen LogP contribution in [0.5, 0.6) is 0 Å². The van der Waals surface area contributed by atoms with Gasteiger partial charge in [-0.1, -0.05) is 22.9 Å². The maximum Gasteiger partial charge on any atom is 0.358 e. The zero-order valence-electron chi connectivity index (χ0n) is 12.0. The molecule has 0 spiro atoms. The molecular formula is C16H11F2N3O2. The van der Waals surface area contributed by atoms with Crippen molar-refractivity contribution in [2.75, 3.05) is 0 Å². The molecule has 23 heavy (non-hydrogen) atoms. The molecule has 1 aromatic heterocycles. The van der Waals surface area contributed by atoms with Crippen molar-refractivity contribution in [1.29, 1.82) is 0 Å². The summed E-state index contributed by atoms with van der Waals surface area (Å²) in [6.45, 7) is 1.90. The minimum absolute atomic E-state index is 0.0137. The molecule has 0 unspecified atom stereocenters. The maximum atomic E-state index is 13.5. The fourth-order valence-electron chi connectivity index (χ4n) is 2.24.